The van der Waals surface area contributed by atoms with Crippen molar-refractivity contribution in [2.75, 3.05) is 0 Å². The lowest BCUT2D eigenvalue weighted by Crippen LogP contribution is -2.10. The number of benzene rings is 1. The lowest BCUT2D eigenvalue weighted by molar-refractivity contribution is -0.137. The molecule has 0 radical (unpaired) electrons. The van der Waals surface area contributed by atoms with Crippen LogP contribution in [0.4, 0.5) is 0 Å². The zero-order valence-electron chi connectivity index (χ0n) is 11.5. The van der Waals surface area contributed by atoms with Gasteiger partial charge in [0.1, 0.15) is 5.76 Å². The van der Waals surface area contributed by atoms with Crippen molar-refractivity contribution in [2.24, 2.45) is 5.92 Å². The van der Waals surface area contributed by atoms with Gasteiger partial charge in [0.15, 0.2) is 0 Å². The van der Waals surface area contributed by atoms with E-state index in [1.54, 1.807) is 0 Å². The third-order valence-corrected chi connectivity index (χ3v) is 3.73. The number of esters is 1. The summed E-state index contributed by atoms with van der Waals surface area (Å²) in [6, 6.07) is 10.4. The molecule has 2 nitrogen and oxygen atoms in total. The van der Waals surface area contributed by atoms with E-state index in [1.807, 2.05) is 19.9 Å². The van der Waals surface area contributed by atoms with Crippen molar-refractivity contribution < 1.29 is 9.53 Å². The second-order valence-electron chi connectivity index (χ2n) is 5.50. The zero-order valence-corrected chi connectivity index (χ0v) is 11.5. The van der Waals surface area contributed by atoms with Gasteiger partial charge >= 0.3 is 5.97 Å². The van der Waals surface area contributed by atoms with Crippen molar-refractivity contribution in [3.05, 3.63) is 47.2 Å². The van der Waals surface area contributed by atoms with Crippen LogP contribution in [0, 0.1) is 5.92 Å². The highest BCUT2D eigenvalue weighted by molar-refractivity contribution is 5.67. The third kappa shape index (κ3) is 2.33. The van der Waals surface area contributed by atoms with Gasteiger partial charge in [0.25, 0.3) is 0 Å². The van der Waals surface area contributed by atoms with Crippen LogP contribution in [0.2, 0.25) is 0 Å². The Balaban J connectivity index is 2.23. The molecule has 0 N–H and O–H groups in total. The Morgan fingerprint density at radius 2 is 1.83 bits per heavy atom. The first-order valence-corrected chi connectivity index (χ1v) is 6.36. The van der Waals surface area contributed by atoms with Crippen LogP contribution in [0.3, 0.4) is 0 Å². The van der Waals surface area contributed by atoms with Crippen LogP contribution in [-0.4, -0.2) is 5.97 Å². The molecule has 1 saturated carbocycles. The van der Waals surface area contributed by atoms with Crippen LogP contribution in [0.15, 0.2) is 41.7 Å². The maximum absolute atomic E-state index is 11.2. The Morgan fingerprint density at radius 1 is 1.22 bits per heavy atom. The number of hydrogen-bond acceptors (Lipinski definition) is 2. The van der Waals surface area contributed by atoms with E-state index in [-0.39, 0.29) is 11.4 Å². The van der Waals surface area contributed by atoms with Gasteiger partial charge < -0.3 is 4.74 Å². The molecule has 18 heavy (non-hydrogen) atoms. The van der Waals surface area contributed by atoms with Gasteiger partial charge in [0.2, 0.25) is 0 Å². The Bertz CT molecular complexity index is 483. The summed E-state index contributed by atoms with van der Waals surface area (Å²) in [7, 11) is 0. The molecule has 2 rings (SSSR count). The molecule has 1 aromatic carbocycles. The first-order chi connectivity index (χ1) is 8.45. The van der Waals surface area contributed by atoms with Crippen LogP contribution < -0.4 is 0 Å². The van der Waals surface area contributed by atoms with E-state index in [9.17, 15) is 4.79 Å². The van der Waals surface area contributed by atoms with E-state index >= 15 is 0 Å². The smallest absolute Gasteiger partial charge is 0.307 e. The topological polar surface area (TPSA) is 26.3 Å². The second-order valence-corrected chi connectivity index (χ2v) is 5.50. The number of allylic oxidation sites excluding steroid dienone is 2. The lowest BCUT2D eigenvalue weighted by atomic mass is 9.94. The van der Waals surface area contributed by atoms with Crippen molar-refractivity contribution in [1.29, 1.82) is 0 Å². The molecule has 1 aromatic rings. The van der Waals surface area contributed by atoms with Crippen molar-refractivity contribution in [1.82, 2.24) is 0 Å². The highest BCUT2D eigenvalue weighted by Gasteiger charge is 2.54. The average molecular weight is 244 g/mol. The molecule has 2 atom stereocenters. The molecule has 0 heterocycles. The number of ether oxygens (including phenoxy) is 1. The van der Waals surface area contributed by atoms with Crippen molar-refractivity contribution in [2.45, 2.75) is 39.5 Å². The molecular formula is C16H20O2. The van der Waals surface area contributed by atoms with Crippen molar-refractivity contribution in [3.63, 3.8) is 0 Å². The molecule has 0 bridgehead atoms. The van der Waals surface area contributed by atoms with Gasteiger partial charge in [0, 0.05) is 18.3 Å². The normalized spacial score (nSPS) is 25.4. The Morgan fingerprint density at radius 3 is 2.33 bits per heavy atom. The van der Waals surface area contributed by atoms with Gasteiger partial charge in [-0.25, -0.2) is 0 Å². The quantitative estimate of drug-likeness (QED) is 0.597. The van der Waals surface area contributed by atoms with E-state index < -0.39 is 0 Å². The zero-order chi connectivity index (χ0) is 13.3. The fourth-order valence-electron chi connectivity index (χ4n) is 2.56. The summed E-state index contributed by atoms with van der Waals surface area (Å²) >= 11 is 0. The minimum atomic E-state index is -0.228. The van der Waals surface area contributed by atoms with E-state index in [1.165, 1.54) is 12.5 Å². The minimum absolute atomic E-state index is 0.114. The second kappa shape index (κ2) is 4.60. The molecule has 0 unspecified atom stereocenters. The van der Waals surface area contributed by atoms with Gasteiger partial charge in [-0.05, 0) is 31.4 Å². The summed E-state index contributed by atoms with van der Waals surface area (Å²) in [4.78, 5) is 11.2. The molecule has 0 aliphatic heterocycles. The monoisotopic (exact) mass is 244 g/mol. The van der Waals surface area contributed by atoms with Crippen LogP contribution in [0.25, 0.3) is 0 Å². The van der Waals surface area contributed by atoms with Gasteiger partial charge in [-0.1, -0.05) is 37.3 Å². The van der Waals surface area contributed by atoms with Crippen LogP contribution in [-0.2, 0) is 14.9 Å². The third-order valence-electron chi connectivity index (χ3n) is 3.73. The lowest BCUT2D eigenvalue weighted by Gasteiger charge is -2.15. The van der Waals surface area contributed by atoms with Crippen molar-refractivity contribution >= 4 is 5.97 Å². The fraction of sp³-hybridized carbons (Fsp3) is 0.438. The SMILES string of the molecule is CC(=O)OC(=C(C)C)[C@@H]1C[C@]1(C)c1ccccc1. The van der Waals surface area contributed by atoms with E-state index in [0.29, 0.717) is 5.92 Å². The van der Waals surface area contributed by atoms with E-state index in [2.05, 4.69) is 31.2 Å². The molecule has 1 aliphatic rings. The number of carbonyl (C=O) groups excluding carboxylic acids is 1. The van der Waals surface area contributed by atoms with E-state index in [4.69, 9.17) is 4.74 Å². The average Bonchev–Trinajstić information content (AvgIpc) is 3.00. The number of hydrogen-bond donors (Lipinski definition) is 0. The molecule has 0 saturated heterocycles. The maximum atomic E-state index is 11.2. The molecule has 0 amide bonds. The fourth-order valence-corrected chi connectivity index (χ4v) is 2.56. The van der Waals surface area contributed by atoms with Crippen molar-refractivity contribution in [3.8, 4) is 0 Å². The van der Waals surface area contributed by atoms with Gasteiger partial charge in [-0.2, -0.15) is 0 Å². The summed E-state index contributed by atoms with van der Waals surface area (Å²) in [5.41, 5.74) is 2.53. The predicted octanol–water partition coefficient (Wildman–Crippen LogP) is 3.82. The molecule has 0 aromatic heterocycles. The summed E-state index contributed by atoms with van der Waals surface area (Å²) in [5, 5.41) is 0. The van der Waals surface area contributed by atoms with Crippen LogP contribution in [0.5, 0.6) is 0 Å². The molecule has 2 heteroatoms. The Hall–Kier alpha value is -1.57. The first kappa shape index (κ1) is 12.9. The molecular weight excluding hydrogens is 224 g/mol. The van der Waals surface area contributed by atoms with E-state index in [0.717, 1.165) is 17.8 Å². The maximum Gasteiger partial charge on any atom is 0.307 e. The first-order valence-electron chi connectivity index (χ1n) is 6.36. The number of carbonyl (C=O) groups is 1. The highest BCUT2D eigenvalue weighted by Crippen LogP contribution is 2.58. The Labute approximate surface area is 109 Å². The largest absolute Gasteiger partial charge is 0.431 e. The number of rotatable bonds is 3. The summed E-state index contributed by atoms with van der Waals surface area (Å²) in [5.74, 6) is 0.955. The molecule has 96 valence electrons. The minimum Gasteiger partial charge on any atom is -0.431 e. The molecule has 1 aliphatic carbocycles. The van der Waals surface area contributed by atoms with Gasteiger partial charge in [-0.3, -0.25) is 4.79 Å². The Kier molecular flexibility index (Phi) is 3.29. The summed E-state index contributed by atoms with van der Waals surface area (Å²) in [6.45, 7) is 7.70. The standard InChI is InChI=1S/C16H20O2/c1-11(2)15(18-12(3)17)14-10-16(14,4)13-8-6-5-7-9-13/h5-9,14H,10H2,1-4H3/t14-,16+/m0/s1. The molecule has 1 fully saturated rings. The summed E-state index contributed by atoms with van der Waals surface area (Å²) < 4.78 is 5.39. The summed E-state index contributed by atoms with van der Waals surface area (Å²) in [6.07, 6.45) is 1.05. The van der Waals surface area contributed by atoms with Crippen LogP contribution in [0.1, 0.15) is 39.7 Å². The molecule has 0 spiro atoms. The van der Waals surface area contributed by atoms with Crippen LogP contribution >= 0.6 is 0 Å². The highest BCUT2D eigenvalue weighted by atomic mass is 16.5. The van der Waals surface area contributed by atoms with Gasteiger partial charge in [-0.15, -0.1) is 0 Å². The van der Waals surface area contributed by atoms with Gasteiger partial charge in [0.05, 0.1) is 0 Å². The predicted molar refractivity (Wildman–Crippen MR) is 72.0 cm³/mol.